The Balaban J connectivity index is 2.43. The molecule has 0 aromatic heterocycles. The first kappa shape index (κ1) is 19.0. The lowest BCUT2D eigenvalue weighted by atomic mass is 10.0. The van der Waals surface area contributed by atoms with E-state index in [1.165, 1.54) is 11.8 Å². The highest BCUT2D eigenvalue weighted by molar-refractivity contribution is 6.06. The average Bonchev–Trinajstić information content (AvgIpc) is 2.56. The maximum Gasteiger partial charge on any atom is 0.329 e. The number of anilines is 1. The number of benzene rings is 1. The molecule has 1 aromatic carbocycles. The van der Waals surface area contributed by atoms with Crippen LogP contribution in [0.25, 0.3) is 0 Å². The van der Waals surface area contributed by atoms with Gasteiger partial charge in [-0.1, -0.05) is 20.8 Å². The monoisotopic (exact) mass is 347 g/mol. The Morgan fingerprint density at radius 3 is 2.56 bits per heavy atom. The number of esters is 1. The van der Waals surface area contributed by atoms with Crippen LogP contribution in [0.5, 0.6) is 5.75 Å². The summed E-state index contributed by atoms with van der Waals surface area (Å²) in [6.45, 7) is 9.11. The van der Waals surface area contributed by atoms with E-state index in [0.717, 1.165) is 0 Å². The van der Waals surface area contributed by atoms with Crippen molar-refractivity contribution in [1.82, 2.24) is 0 Å². The number of fused-ring (bicyclic) bond motifs is 1. The van der Waals surface area contributed by atoms with Gasteiger partial charge in [0.25, 0.3) is 5.91 Å². The smallest absolute Gasteiger partial charge is 0.329 e. The van der Waals surface area contributed by atoms with Crippen LogP contribution in [0.15, 0.2) is 18.2 Å². The summed E-state index contributed by atoms with van der Waals surface area (Å²) in [6, 6.07) is 4.16. The maximum atomic E-state index is 12.7. The van der Waals surface area contributed by atoms with Crippen LogP contribution in [0.1, 0.15) is 51.4 Å². The van der Waals surface area contributed by atoms with Gasteiger partial charge in [-0.3, -0.25) is 14.5 Å². The molecule has 2 atom stereocenters. The molecule has 25 heavy (non-hydrogen) atoms. The number of ether oxygens (including phenoxy) is 2. The lowest BCUT2D eigenvalue weighted by Gasteiger charge is -2.37. The second-order valence-corrected chi connectivity index (χ2v) is 6.65. The molecule has 6 heteroatoms. The Kier molecular flexibility index (Phi) is 5.82. The third-order valence-electron chi connectivity index (χ3n) is 4.04. The molecule has 0 bridgehead atoms. The average molecular weight is 347 g/mol. The molecule has 1 amide bonds. The minimum Gasteiger partial charge on any atom is -0.479 e. The van der Waals surface area contributed by atoms with Crippen LogP contribution >= 0.6 is 0 Å². The largest absolute Gasteiger partial charge is 0.479 e. The summed E-state index contributed by atoms with van der Waals surface area (Å²) in [5, 5.41) is 0. The fraction of sp³-hybridized carbons (Fsp3) is 0.526. The van der Waals surface area contributed by atoms with Crippen molar-refractivity contribution in [1.29, 1.82) is 0 Å². The molecule has 0 saturated heterocycles. The minimum atomic E-state index is -0.751. The number of hydrogen-bond acceptors (Lipinski definition) is 5. The van der Waals surface area contributed by atoms with Gasteiger partial charge in [0.2, 0.25) is 0 Å². The highest BCUT2D eigenvalue weighted by Crippen LogP contribution is 2.37. The van der Waals surface area contributed by atoms with Crippen molar-refractivity contribution in [2.24, 2.45) is 5.92 Å². The third kappa shape index (κ3) is 4.00. The molecule has 1 aliphatic heterocycles. The van der Waals surface area contributed by atoms with E-state index in [-0.39, 0.29) is 17.6 Å². The highest BCUT2D eigenvalue weighted by atomic mass is 16.5. The number of rotatable bonds is 6. The molecule has 0 radical (unpaired) electrons. The highest BCUT2D eigenvalue weighted by Gasteiger charge is 2.39. The molecule has 136 valence electrons. The summed E-state index contributed by atoms with van der Waals surface area (Å²) in [5.74, 6) is -0.201. The summed E-state index contributed by atoms with van der Waals surface area (Å²) in [6.07, 6.45) is -0.304. The lowest BCUT2D eigenvalue weighted by Crippen LogP contribution is -2.53. The number of amides is 1. The van der Waals surface area contributed by atoms with E-state index in [1.807, 2.05) is 20.8 Å². The van der Waals surface area contributed by atoms with Gasteiger partial charge in [-0.25, -0.2) is 4.79 Å². The second kappa shape index (κ2) is 7.68. The van der Waals surface area contributed by atoms with Gasteiger partial charge < -0.3 is 9.47 Å². The van der Waals surface area contributed by atoms with Crippen LogP contribution in [0.4, 0.5) is 5.69 Å². The Labute approximate surface area is 148 Å². The number of carbonyl (C=O) groups excluding carboxylic acids is 3. The van der Waals surface area contributed by atoms with E-state index >= 15 is 0 Å². The molecule has 0 spiro atoms. The molecule has 1 heterocycles. The second-order valence-electron chi connectivity index (χ2n) is 6.65. The minimum absolute atomic E-state index is 0.121. The van der Waals surface area contributed by atoms with Crippen molar-refractivity contribution in [3.63, 3.8) is 0 Å². The summed E-state index contributed by atoms with van der Waals surface area (Å²) in [7, 11) is 0. The third-order valence-corrected chi connectivity index (χ3v) is 4.04. The summed E-state index contributed by atoms with van der Waals surface area (Å²) >= 11 is 0. The molecule has 0 fully saturated rings. The van der Waals surface area contributed by atoms with Crippen LogP contribution < -0.4 is 9.64 Å². The lowest BCUT2D eigenvalue weighted by molar-refractivity contribution is -0.148. The first-order chi connectivity index (χ1) is 11.8. The van der Waals surface area contributed by atoms with E-state index in [9.17, 15) is 14.4 Å². The van der Waals surface area contributed by atoms with Crippen molar-refractivity contribution in [3.05, 3.63) is 23.8 Å². The Bertz CT molecular complexity index is 682. The SMILES string of the molecule is CCC(C(=O)OCC(C)C)N1C(=O)C(C)Oc2ccc(C(C)=O)cc21. The molecule has 1 aliphatic rings. The van der Waals surface area contributed by atoms with Crippen LogP contribution in [-0.2, 0) is 14.3 Å². The fourth-order valence-electron chi connectivity index (χ4n) is 2.70. The predicted molar refractivity (Wildman–Crippen MR) is 93.9 cm³/mol. The zero-order valence-electron chi connectivity index (χ0n) is 15.4. The van der Waals surface area contributed by atoms with E-state index in [1.54, 1.807) is 25.1 Å². The van der Waals surface area contributed by atoms with Gasteiger partial charge in [0.05, 0.1) is 12.3 Å². The molecule has 0 N–H and O–H groups in total. The van der Waals surface area contributed by atoms with Crippen LogP contribution in [-0.4, -0.2) is 36.4 Å². The number of Topliss-reactive ketones (excluding diaryl/α,β-unsaturated/α-hetero) is 1. The van der Waals surface area contributed by atoms with Crippen molar-refractivity contribution >= 4 is 23.3 Å². The number of hydrogen-bond donors (Lipinski definition) is 0. The van der Waals surface area contributed by atoms with E-state index in [4.69, 9.17) is 9.47 Å². The van der Waals surface area contributed by atoms with Gasteiger partial charge >= 0.3 is 5.97 Å². The summed E-state index contributed by atoms with van der Waals surface area (Å²) in [4.78, 5) is 38.4. The normalized spacial score (nSPS) is 17.8. The molecule has 0 saturated carbocycles. The zero-order chi connectivity index (χ0) is 18.7. The van der Waals surface area contributed by atoms with Crippen molar-refractivity contribution in [2.45, 2.75) is 53.2 Å². The number of ketones is 1. The first-order valence-corrected chi connectivity index (χ1v) is 8.57. The fourth-order valence-corrected chi connectivity index (χ4v) is 2.70. The van der Waals surface area contributed by atoms with Crippen LogP contribution in [0.3, 0.4) is 0 Å². The van der Waals surface area contributed by atoms with Crippen LogP contribution in [0, 0.1) is 5.92 Å². The standard InChI is InChI=1S/C19H25NO5/c1-6-15(19(23)24-10-11(2)3)20-16-9-14(12(4)21)7-8-17(16)25-13(5)18(20)22/h7-9,11,13,15H,6,10H2,1-5H3. The summed E-state index contributed by atoms with van der Waals surface area (Å²) in [5.41, 5.74) is 0.893. The van der Waals surface area contributed by atoms with Gasteiger partial charge in [0, 0.05) is 5.56 Å². The molecule has 2 unspecified atom stereocenters. The quantitative estimate of drug-likeness (QED) is 0.584. The van der Waals surface area contributed by atoms with Gasteiger partial charge in [0.15, 0.2) is 11.9 Å². The number of carbonyl (C=O) groups is 3. The van der Waals surface area contributed by atoms with E-state index < -0.39 is 18.1 Å². The molecule has 6 nitrogen and oxygen atoms in total. The topological polar surface area (TPSA) is 72.9 Å². The van der Waals surface area contributed by atoms with Crippen molar-refractivity contribution in [2.75, 3.05) is 11.5 Å². The predicted octanol–water partition coefficient (Wildman–Crippen LogP) is 2.98. The summed E-state index contributed by atoms with van der Waals surface area (Å²) < 4.78 is 11.0. The molecular weight excluding hydrogens is 322 g/mol. The zero-order valence-corrected chi connectivity index (χ0v) is 15.4. The molecule has 1 aromatic rings. The molecule has 0 aliphatic carbocycles. The number of nitrogens with zero attached hydrogens (tertiary/aromatic N) is 1. The van der Waals surface area contributed by atoms with Gasteiger partial charge in [-0.2, -0.15) is 0 Å². The Morgan fingerprint density at radius 1 is 1.32 bits per heavy atom. The van der Waals surface area contributed by atoms with Crippen LogP contribution in [0.2, 0.25) is 0 Å². The van der Waals surface area contributed by atoms with Crippen molar-refractivity contribution < 1.29 is 23.9 Å². The first-order valence-electron chi connectivity index (χ1n) is 8.57. The van der Waals surface area contributed by atoms with Gasteiger partial charge in [-0.05, 0) is 44.4 Å². The van der Waals surface area contributed by atoms with E-state index in [0.29, 0.717) is 30.0 Å². The van der Waals surface area contributed by atoms with Gasteiger partial charge in [-0.15, -0.1) is 0 Å². The maximum absolute atomic E-state index is 12.7. The van der Waals surface area contributed by atoms with Crippen molar-refractivity contribution in [3.8, 4) is 5.75 Å². The Morgan fingerprint density at radius 2 is 2.00 bits per heavy atom. The molecular formula is C19H25NO5. The molecule has 2 rings (SSSR count). The Hall–Kier alpha value is -2.37. The van der Waals surface area contributed by atoms with Gasteiger partial charge in [0.1, 0.15) is 11.8 Å². The van der Waals surface area contributed by atoms with E-state index in [2.05, 4.69) is 0 Å².